The van der Waals surface area contributed by atoms with E-state index < -0.39 is 10.2 Å². The molecule has 6 rings (SSSR count). The van der Waals surface area contributed by atoms with Gasteiger partial charge < -0.3 is 0 Å². The quantitative estimate of drug-likeness (QED) is 0.275. The van der Waals surface area contributed by atoms with Crippen molar-refractivity contribution in [2.24, 2.45) is 0 Å². The number of halogens is 1. The number of nitrogens with zero attached hydrogens (tertiary/aromatic N) is 2. The van der Waals surface area contributed by atoms with E-state index in [9.17, 15) is 0 Å². The van der Waals surface area contributed by atoms with Crippen LogP contribution in [-0.2, 0) is 0 Å². The van der Waals surface area contributed by atoms with Crippen LogP contribution in [0.1, 0.15) is 0 Å². The third kappa shape index (κ3) is 4.83. The Morgan fingerprint density at radius 3 is 1.74 bits per heavy atom. The van der Waals surface area contributed by atoms with Crippen LogP contribution < -0.4 is 23.0 Å². The van der Waals surface area contributed by atoms with Gasteiger partial charge in [0.2, 0.25) is 0 Å². The normalized spacial score (nSPS) is 11.4. The molecule has 35 heavy (non-hydrogen) atoms. The lowest BCUT2D eigenvalue weighted by Gasteiger charge is -2.17. The number of pyridine rings is 3. The summed E-state index contributed by atoms with van der Waals surface area (Å²) in [7, 11) is -4.94. The van der Waals surface area contributed by atoms with Crippen LogP contribution >= 0.6 is 0 Å². The summed E-state index contributed by atoms with van der Waals surface area (Å²) in [5.41, 5.74) is 6.87. The minimum atomic E-state index is -4.94. The number of fused-ring (bicyclic) bond motifs is 6. The van der Waals surface area contributed by atoms with Crippen LogP contribution in [0.5, 0.6) is 0 Å². The van der Waals surface area contributed by atoms with E-state index in [1.165, 1.54) is 27.5 Å². The molecule has 0 aliphatic rings. The predicted octanol–water partition coefficient (Wildman–Crippen LogP) is 1.70. The van der Waals surface area contributed by atoms with Gasteiger partial charge in [0.05, 0.1) is 5.39 Å². The van der Waals surface area contributed by atoms with Crippen LogP contribution in [0.2, 0.25) is 0 Å². The average molecular weight is 483 g/mol. The topological polar surface area (TPSA) is 109 Å². The van der Waals surface area contributed by atoms with Gasteiger partial charge in [-0.05, 0) is 40.4 Å². The molecule has 0 radical (unpaired) electrons. The lowest BCUT2D eigenvalue weighted by Crippen LogP contribution is -2.68. The number of rotatable bonds is 2. The Labute approximate surface area is 203 Å². The van der Waals surface area contributed by atoms with Gasteiger partial charge in [0, 0.05) is 16.3 Å². The first-order chi connectivity index (χ1) is 16.9. The molecule has 3 aromatic carbocycles. The highest BCUT2D eigenvalue weighted by Crippen LogP contribution is 2.31. The van der Waals surface area contributed by atoms with Crippen LogP contribution in [0.15, 0.2) is 115 Å². The summed E-state index contributed by atoms with van der Waals surface area (Å²) in [6, 6.07) is 38.5. The fourth-order valence-electron chi connectivity index (χ4n) is 4.37. The first-order valence-electron chi connectivity index (χ1n) is 10.8. The molecule has 0 unspecified atom stereocenters. The van der Waals surface area contributed by atoms with E-state index in [0.717, 1.165) is 22.2 Å². The molecular weight excluding hydrogens is 464 g/mol. The zero-order chi connectivity index (χ0) is 24.4. The number of aromatic nitrogens is 2. The molecule has 3 aromatic heterocycles. The zero-order valence-electron chi connectivity index (χ0n) is 18.4. The molecule has 0 aliphatic heterocycles. The molecule has 172 valence electrons. The van der Waals surface area contributed by atoms with E-state index in [0.29, 0.717) is 0 Å². The number of hydrogen-bond donors (Lipinski definition) is 0. The fourth-order valence-corrected chi connectivity index (χ4v) is 4.37. The second-order valence-corrected chi connectivity index (χ2v) is 8.64. The molecule has 7 heteroatoms. The van der Waals surface area contributed by atoms with Gasteiger partial charge in [-0.25, -0.2) is 18.6 Å². The van der Waals surface area contributed by atoms with Gasteiger partial charge in [0.25, 0.3) is 0 Å². The van der Waals surface area contributed by atoms with Crippen LogP contribution in [0.3, 0.4) is 0 Å². The lowest BCUT2D eigenvalue weighted by atomic mass is 9.99. The largest absolute Gasteiger partial charge is 0.336 e. The van der Waals surface area contributed by atoms with Gasteiger partial charge in [0.1, 0.15) is 17.4 Å². The molecule has 6 aromatic rings. The van der Waals surface area contributed by atoms with Gasteiger partial charge in [-0.3, -0.25) is 0 Å². The van der Waals surface area contributed by atoms with Crippen molar-refractivity contribution in [1.82, 2.24) is 4.98 Å². The van der Waals surface area contributed by atoms with Crippen molar-refractivity contribution in [3.05, 3.63) is 115 Å². The average Bonchev–Trinajstić information content (AvgIpc) is 2.88. The number of benzene rings is 3. The first kappa shape index (κ1) is 22.9. The Morgan fingerprint density at radius 2 is 1.09 bits per heavy atom. The molecule has 0 N–H and O–H groups in total. The lowest BCUT2D eigenvalue weighted by molar-refractivity contribution is -2.00. The molecule has 6 nitrogen and oxygen atoms in total. The Morgan fingerprint density at radius 1 is 0.543 bits per heavy atom. The smallest absolute Gasteiger partial charge is 0.222 e. The van der Waals surface area contributed by atoms with Crippen molar-refractivity contribution in [3.8, 4) is 22.4 Å². The van der Waals surface area contributed by atoms with Crippen LogP contribution in [0.4, 0.5) is 0 Å². The molecule has 0 saturated heterocycles. The van der Waals surface area contributed by atoms with Crippen molar-refractivity contribution in [2.45, 2.75) is 0 Å². The third-order valence-corrected chi connectivity index (χ3v) is 5.73. The molecular formula is C28H19ClN2O4. The van der Waals surface area contributed by atoms with E-state index in [4.69, 9.17) is 23.6 Å². The molecule has 0 amide bonds. The van der Waals surface area contributed by atoms with E-state index in [1.807, 2.05) is 12.3 Å². The Balaban J connectivity index is 0.000000464. The maximum absolute atomic E-state index is 8.49. The molecule has 0 spiro atoms. The summed E-state index contributed by atoms with van der Waals surface area (Å²) in [5.74, 6) is 0. The minimum absolute atomic E-state index is 0.977. The highest BCUT2D eigenvalue weighted by atomic mass is 35.7. The van der Waals surface area contributed by atoms with Gasteiger partial charge in [-0.1, -0.05) is 84.9 Å². The molecule has 0 atom stereocenters. The maximum Gasteiger partial charge on any atom is 0.336 e. The second kappa shape index (κ2) is 9.38. The van der Waals surface area contributed by atoms with Crippen molar-refractivity contribution in [3.63, 3.8) is 0 Å². The van der Waals surface area contributed by atoms with Crippen molar-refractivity contribution in [2.75, 3.05) is 0 Å². The standard InChI is InChI=1S/C28H19N2.ClHO4/c1-3-10-20(11-4-1)22-18-26(21-12-5-2-6-13-21)30-27(19-22)24-15-8-7-14-23(24)25-16-9-17-29-28(25)30;2-1(3,4)5/h1-19H;(H,2,3,4,5)/q+1;/p-1. The Bertz CT molecular complexity index is 1630. The van der Waals surface area contributed by atoms with Crippen molar-refractivity contribution in [1.29, 1.82) is 0 Å². The third-order valence-electron chi connectivity index (χ3n) is 5.73. The van der Waals surface area contributed by atoms with Crippen LogP contribution in [-0.4, -0.2) is 4.98 Å². The maximum atomic E-state index is 8.49. The summed E-state index contributed by atoms with van der Waals surface area (Å²) >= 11 is 0. The highest BCUT2D eigenvalue weighted by molar-refractivity contribution is 6.09. The Kier molecular flexibility index (Phi) is 6.13. The van der Waals surface area contributed by atoms with Gasteiger partial charge in [-0.15, -0.1) is 10.2 Å². The SMILES string of the molecule is [O-][Cl+3]([O-])([O-])[O-].c1ccc(-c2cc(-c3ccccc3)[n+]3c(c2)c2ccccc2c2cccnc23)cc1. The van der Waals surface area contributed by atoms with Gasteiger partial charge in [0.15, 0.2) is 0 Å². The van der Waals surface area contributed by atoms with E-state index in [1.54, 1.807) is 0 Å². The van der Waals surface area contributed by atoms with Crippen LogP contribution in [0, 0.1) is 10.2 Å². The van der Waals surface area contributed by atoms with Crippen LogP contribution in [0.25, 0.3) is 49.7 Å². The summed E-state index contributed by atoms with van der Waals surface area (Å²) in [6.45, 7) is 0. The molecule has 0 fully saturated rings. The molecule has 3 heterocycles. The Hall–Kier alpha value is -3.91. The molecule has 0 bridgehead atoms. The summed E-state index contributed by atoms with van der Waals surface area (Å²) in [5, 5.41) is 3.62. The molecule has 0 saturated carbocycles. The monoisotopic (exact) mass is 482 g/mol. The fraction of sp³-hybridized carbons (Fsp3) is 0. The minimum Gasteiger partial charge on any atom is -0.222 e. The van der Waals surface area contributed by atoms with E-state index in [-0.39, 0.29) is 0 Å². The van der Waals surface area contributed by atoms with Gasteiger partial charge >= 0.3 is 5.65 Å². The summed E-state index contributed by atoms with van der Waals surface area (Å²) in [6.07, 6.45) is 1.88. The van der Waals surface area contributed by atoms with Crippen molar-refractivity contribution >= 4 is 27.3 Å². The van der Waals surface area contributed by atoms with E-state index >= 15 is 0 Å². The second-order valence-electron chi connectivity index (χ2n) is 7.88. The number of hydrogen-bond acceptors (Lipinski definition) is 5. The molecule has 0 aliphatic carbocycles. The zero-order valence-corrected chi connectivity index (χ0v) is 19.1. The first-order valence-corrected chi connectivity index (χ1v) is 12.0. The van der Waals surface area contributed by atoms with Gasteiger partial charge in [-0.2, -0.15) is 4.40 Å². The summed E-state index contributed by atoms with van der Waals surface area (Å²) in [4.78, 5) is 4.81. The van der Waals surface area contributed by atoms with E-state index in [2.05, 4.69) is 108 Å². The summed E-state index contributed by atoms with van der Waals surface area (Å²) < 4.78 is 36.3. The predicted molar refractivity (Wildman–Crippen MR) is 123 cm³/mol. The van der Waals surface area contributed by atoms with Crippen molar-refractivity contribution < 1.29 is 33.3 Å². The highest BCUT2D eigenvalue weighted by Gasteiger charge is 2.20.